The van der Waals surface area contributed by atoms with Crippen LogP contribution >= 0.6 is 0 Å². The summed E-state index contributed by atoms with van der Waals surface area (Å²) in [5.41, 5.74) is 1.45. The largest absolute Gasteiger partial charge is 0.467 e. The highest BCUT2D eigenvalue weighted by Gasteiger charge is 2.21. The van der Waals surface area contributed by atoms with Gasteiger partial charge in [-0.2, -0.15) is 0 Å². The van der Waals surface area contributed by atoms with Gasteiger partial charge in [0.1, 0.15) is 12.3 Å². The van der Waals surface area contributed by atoms with Crippen LogP contribution in [0.15, 0.2) is 23.3 Å². The van der Waals surface area contributed by atoms with Crippen molar-refractivity contribution in [1.29, 1.82) is 0 Å². The molecule has 6 nitrogen and oxygen atoms in total. The van der Waals surface area contributed by atoms with Crippen molar-refractivity contribution in [2.24, 2.45) is 0 Å². The number of aliphatic hydroxyl groups is 1. The SMILES string of the molecule is CCC(NC(=O)C1=CCCC(C#CCCCC(O)N(C)C)=C1)C(=O)OC. The number of nitrogens with one attached hydrogen (secondary N) is 1. The number of ether oxygens (including phenoxy) is 1. The normalized spacial score (nSPS) is 15.9. The van der Waals surface area contributed by atoms with Gasteiger partial charge < -0.3 is 15.2 Å². The van der Waals surface area contributed by atoms with Gasteiger partial charge in [-0.1, -0.05) is 24.8 Å². The molecular formula is C20H30N2O4. The molecule has 1 amide bonds. The van der Waals surface area contributed by atoms with Gasteiger partial charge >= 0.3 is 5.97 Å². The number of hydrogen-bond donors (Lipinski definition) is 2. The molecule has 0 aromatic carbocycles. The average molecular weight is 362 g/mol. The summed E-state index contributed by atoms with van der Waals surface area (Å²) < 4.78 is 4.69. The van der Waals surface area contributed by atoms with Crippen molar-refractivity contribution >= 4 is 11.9 Å². The lowest BCUT2D eigenvalue weighted by Gasteiger charge is -2.17. The molecule has 0 heterocycles. The summed E-state index contributed by atoms with van der Waals surface area (Å²) in [7, 11) is 4.99. The standard InChI is InChI=1S/C20H30N2O4/c1-5-17(20(25)26-4)21-19(24)16-12-9-11-15(14-16)10-7-6-8-13-18(23)22(2)3/h12,14,17-18,23H,5-6,8-9,11,13H2,1-4H3,(H,21,24). The van der Waals surface area contributed by atoms with Crippen molar-refractivity contribution in [1.82, 2.24) is 10.2 Å². The predicted octanol–water partition coefficient (Wildman–Crippen LogP) is 1.75. The Balaban J connectivity index is 2.57. The Bertz CT molecular complexity index is 611. The second-order valence-corrected chi connectivity index (χ2v) is 6.46. The van der Waals surface area contributed by atoms with Crippen LogP contribution in [0.4, 0.5) is 0 Å². The summed E-state index contributed by atoms with van der Waals surface area (Å²) >= 11 is 0. The minimum atomic E-state index is -0.638. The zero-order valence-electron chi connectivity index (χ0n) is 16.2. The first-order valence-electron chi connectivity index (χ1n) is 9.01. The molecule has 2 unspecified atom stereocenters. The van der Waals surface area contributed by atoms with E-state index in [1.165, 1.54) is 7.11 Å². The second kappa shape index (κ2) is 11.5. The Morgan fingerprint density at radius 1 is 1.42 bits per heavy atom. The van der Waals surface area contributed by atoms with Crippen LogP contribution in [-0.2, 0) is 14.3 Å². The fourth-order valence-corrected chi connectivity index (χ4v) is 2.48. The molecule has 144 valence electrons. The highest BCUT2D eigenvalue weighted by molar-refractivity contribution is 5.98. The van der Waals surface area contributed by atoms with Crippen LogP contribution in [0, 0.1) is 11.8 Å². The van der Waals surface area contributed by atoms with E-state index in [1.54, 1.807) is 11.0 Å². The molecule has 1 rings (SSSR count). The van der Waals surface area contributed by atoms with Crippen LogP contribution in [0.25, 0.3) is 0 Å². The summed E-state index contributed by atoms with van der Waals surface area (Å²) in [6.07, 6.45) is 7.43. The van der Waals surface area contributed by atoms with Crippen LogP contribution in [0.2, 0.25) is 0 Å². The van der Waals surface area contributed by atoms with Crippen molar-refractivity contribution in [2.45, 2.75) is 57.7 Å². The van der Waals surface area contributed by atoms with Gasteiger partial charge in [0, 0.05) is 17.6 Å². The molecule has 0 bridgehead atoms. The van der Waals surface area contributed by atoms with E-state index in [-0.39, 0.29) is 5.91 Å². The summed E-state index contributed by atoms with van der Waals surface area (Å²) in [6, 6.07) is -0.638. The average Bonchev–Trinajstić information content (AvgIpc) is 2.64. The molecule has 0 spiro atoms. The molecular weight excluding hydrogens is 332 g/mol. The molecule has 0 aliphatic heterocycles. The molecule has 0 aromatic rings. The van der Waals surface area contributed by atoms with E-state index in [0.717, 1.165) is 24.8 Å². The molecule has 2 atom stereocenters. The topological polar surface area (TPSA) is 78.9 Å². The third-order valence-corrected chi connectivity index (χ3v) is 4.18. The van der Waals surface area contributed by atoms with E-state index < -0.39 is 18.2 Å². The monoisotopic (exact) mass is 362 g/mol. The van der Waals surface area contributed by atoms with Gasteiger partial charge in [-0.3, -0.25) is 9.69 Å². The highest BCUT2D eigenvalue weighted by atomic mass is 16.5. The number of hydrogen-bond acceptors (Lipinski definition) is 5. The maximum atomic E-state index is 12.3. The number of nitrogens with zero attached hydrogens (tertiary/aromatic N) is 1. The van der Waals surface area contributed by atoms with Crippen LogP contribution in [0.5, 0.6) is 0 Å². The van der Waals surface area contributed by atoms with Crippen molar-refractivity contribution in [2.75, 3.05) is 21.2 Å². The summed E-state index contributed by atoms with van der Waals surface area (Å²) in [6.45, 7) is 1.82. The minimum Gasteiger partial charge on any atom is -0.467 e. The van der Waals surface area contributed by atoms with Crippen molar-refractivity contribution < 1.29 is 19.4 Å². The zero-order valence-corrected chi connectivity index (χ0v) is 16.2. The molecule has 1 aliphatic carbocycles. The number of aliphatic hydroxyl groups excluding tert-OH is 1. The number of allylic oxidation sites excluding steroid dienone is 2. The zero-order chi connectivity index (χ0) is 19.5. The quantitative estimate of drug-likeness (QED) is 0.298. The van der Waals surface area contributed by atoms with Crippen molar-refractivity contribution in [3.8, 4) is 11.8 Å². The van der Waals surface area contributed by atoms with E-state index in [4.69, 9.17) is 0 Å². The summed E-state index contributed by atoms with van der Waals surface area (Å²) in [5.74, 6) is 5.50. The first kappa shape index (κ1) is 21.9. The molecule has 2 N–H and O–H groups in total. The van der Waals surface area contributed by atoms with Gasteiger partial charge in [-0.05, 0) is 52.3 Å². The van der Waals surface area contributed by atoms with Gasteiger partial charge in [0.15, 0.2) is 0 Å². The molecule has 0 saturated heterocycles. The van der Waals surface area contributed by atoms with Crippen LogP contribution in [-0.4, -0.2) is 55.4 Å². The second-order valence-electron chi connectivity index (χ2n) is 6.46. The van der Waals surface area contributed by atoms with Gasteiger partial charge in [-0.25, -0.2) is 4.79 Å². The molecule has 0 aromatic heterocycles. The lowest BCUT2D eigenvalue weighted by Crippen LogP contribution is -2.41. The lowest BCUT2D eigenvalue weighted by molar-refractivity contribution is -0.144. The fourth-order valence-electron chi connectivity index (χ4n) is 2.48. The van der Waals surface area contributed by atoms with Gasteiger partial charge in [0.2, 0.25) is 0 Å². The van der Waals surface area contributed by atoms with Crippen LogP contribution in [0.3, 0.4) is 0 Å². The third kappa shape index (κ3) is 7.42. The smallest absolute Gasteiger partial charge is 0.328 e. The van der Waals surface area contributed by atoms with E-state index in [2.05, 4.69) is 21.9 Å². The van der Waals surface area contributed by atoms with Crippen LogP contribution in [0.1, 0.15) is 45.4 Å². The maximum absolute atomic E-state index is 12.3. The summed E-state index contributed by atoms with van der Waals surface area (Å²) in [4.78, 5) is 25.7. The Kier molecular flexibility index (Phi) is 9.71. The first-order chi connectivity index (χ1) is 12.4. The Morgan fingerprint density at radius 3 is 2.77 bits per heavy atom. The number of carbonyl (C=O) groups excluding carboxylic acids is 2. The van der Waals surface area contributed by atoms with E-state index in [1.807, 2.05) is 27.1 Å². The van der Waals surface area contributed by atoms with Gasteiger partial charge in [0.05, 0.1) is 7.11 Å². The molecule has 0 saturated carbocycles. The number of methoxy groups -OCH3 is 1. The molecule has 26 heavy (non-hydrogen) atoms. The Labute approximate surface area is 156 Å². The van der Waals surface area contributed by atoms with E-state index in [9.17, 15) is 14.7 Å². The van der Waals surface area contributed by atoms with E-state index in [0.29, 0.717) is 24.8 Å². The molecule has 0 fully saturated rings. The molecule has 1 aliphatic rings. The third-order valence-electron chi connectivity index (χ3n) is 4.18. The number of unbranched alkanes of at least 4 members (excludes halogenated alkanes) is 1. The Hall–Kier alpha value is -2.10. The minimum absolute atomic E-state index is 0.282. The van der Waals surface area contributed by atoms with E-state index >= 15 is 0 Å². The van der Waals surface area contributed by atoms with Crippen molar-refractivity contribution in [3.63, 3.8) is 0 Å². The Morgan fingerprint density at radius 2 is 2.15 bits per heavy atom. The van der Waals surface area contributed by atoms with Crippen molar-refractivity contribution in [3.05, 3.63) is 23.3 Å². The summed E-state index contributed by atoms with van der Waals surface area (Å²) in [5, 5.41) is 12.4. The first-order valence-corrected chi connectivity index (χ1v) is 9.01. The van der Waals surface area contributed by atoms with Gasteiger partial charge in [-0.15, -0.1) is 0 Å². The molecule has 6 heteroatoms. The lowest BCUT2D eigenvalue weighted by atomic mass is 9.98. The number of esters is 1. The number of amides is 1. The molecule has 0 radical (unpaired) electrons. The number of rotatable bonds is 8. The highest BCUT2D eigenvalue weighted by Crippen LogP contribution is 2.17. The maximum Gasteiger partial charge on any atom is 0.328 e. The number of carbonyl (C=O) groups is 2. The predicted molar refractivity (Wildman–Crippen MR) is 101 cm³/mol. The van der Waals surface area contributed by atoms with Crippen LogP contribution < -0.4 is 5.32 Å². The van der Waals surface area contributed by atoms with Gasteiger partial charge in [0.25, 0.3) is 5.91 Å². The fraction of sp³-hybridized carbons (Fsp3) is 0.600.